The van der Waals surface area contributed by atoms with E-state index >= 15 is 0 Å². The van der Waals surface area contributed by atoms with Crippen molar-refractivity contribution in [1.29, 1.82) is 5.26 Å². The van der Waals surface area contributed by atoms with Gasteiger partial charge in [-0.2, -0.15) is 5.26 Å². The Kier molecular flexibility index (Phi) is 5.74. The number of pyridine rings is 1. The smallest absolute Gasteiger partial charge is 0.258 e. The number of terminal acetylenes is 1. The summed E-state index contributed by atoms with van der Waals surface area (Å²) in [6.07, 6.45) is 5.66. The summed E-state index contributed by atoms with van der Waals surface area (Å²) < 4.78 is 5.31. The van der Waals surface area contributed by atoms with Gasteiger partial charge in [0, 0.05) is 10.4 Å². The van der Waals surface area contributed by atoms with E-state index in [4.69, 9.17) is 11.2 Å². The molecule has 1 amide bonds. The van der Waals surface area contributed by atoms with Crippen molar-refractivity contribution in [2.45, 2.75) is 13.3 Å². The summed E-state index contributed by atoms with van der Waals surface area (Å²) in [5.41, 5.74) is 2.79. The molecule has 0 aliphatic carbocycles. The molecular weight excluding hydrogens is 370 g/mol. The van der Waals surface area contributed by atoms with Gasteiger partial charge in [0.05, 0.1) is 41.7 Å². The number of thiophene rings is 1. The van der Waals surface area contributed by atoms with E-state index in [1.54, 1.807) is 25.1 Å². The number of aromatic nitrogens is 1. The number of nitrogens with one attached hydrogen (secondary N) is 1. The number of carbonyl (C=O) groups is 1. The maximum absolute atomic E-state index is 13.2. The zero-order valence-corrected chi connectivity index (χ0v) is 16.3. The summed E-state index contributed by atoms with van der Waals surface area (Å²) in [5, 5.41) is 14.6. The predicted molar refractivity (Wildman–Crippen MR) is 110 cm³/mol. The maximum atomic E-state index is 13.2. The lowest BCUT2D eigenvalue weighted by molar-refractivity contribution is 0.102. The molecule has 1 aromatic carbocycles. The van der Waals surface area contributed by atoms with E-state index in [0.717, 1.165) is 4.88 Å². The number of rotatable bonds is 5. The van der Waals surface area contributed by atoms with Gasteiger partial charge in [-0.1, -0.05) is 18.2 Å². The average Bonchev–Trinajstić information content (AvgIpc) is 3.22. The fourth-order valence-corrected chi connectivity index (χ4v) is 3.77. The summed E-state index contributed by atoms with van der Waals surface area (Å²) in [7, 11) is 1.54. The molecule has 5 nitrogen and oxygen atoms in total. The van der Waals surface area contributed by atoms with Crippen LogP contribution in [-0.4, -0.2) is 18.0 Å². The Hall–Kier alpha value is -3.61. The molecule has 0 bridgehead atoms. The molecular formula is C22H17N3O2S. The van der Waals surface area contributed by atoms with Crippen LogP contribution >= 0.6 is 11.3 Å². The van der Waals surface area contributed by atoms with Crippen molar-refractivity contribution in [3.63, 3.8) is 0 Å². The molecule has 0 saturated heterocycles. The van der Waals surface area contributed by atoms with E-state index < -0.39 is 0 Å². The van der Waals surface area contributed by atoms with E-state index in [2.05, 4.69) is 22.3 Å². The van der Waals surface area contributed by atoms with Crippen LogP contribution in [0.1, 0.15) is 27.3 Å². The molecule has 6 heteroatoms. The Bertz CT molecular complexity index is 1110. The topological polar surface area (TPSA) is 75.0 Å². The number of benzene rings is 1. The second-order valence-electron chi connectivity index (χ2n) is 5.89. The van der Waals surface area contributed by atoms with Gasteiger partial charge in [0.1, 0.15) is 11.8 Å². The highest BCUT2D eigenvalue weighted by atomic mass is 32.1. The van der Waals surface area contributed by atoms with Crippen LogP contribution in [0.25, 0.3) is 10.4 Å². The SMILES string of the molecule is C#CCc1nc(C)c(C(=O)Nc2ccccc2OC)c(-c2cccs2)c1C#N. The van der Waals surface area contributed by atoms with Crippen LogP contribution in [0.2, 0.25) is 0 Å². The van der Waals surface area contributed by atoms with Gasteiger partial charge in [0.2, 0.25) is 0 Å². The lowest BCUT2D eigenvalue weighted by Crippen LogP contribution is -2.18. The molecule has 1 N–H and O–H groups in total. The molecule has 138 valence electrons. The summed E-state index contributed by atoms with van der Waals surface area (Å²) in [4.78, 5) is 18.5. The molecule has 0 radical (unpaired) electrons. The van der Waals surface area contributed by atoms with Gasteiger partial charge in [0.25, 0.3) is 5.91 Å². The molecule has 0 saturated carbocycles. The zero-order valence-electron chi connectivity index (χ0n) is 15.4. The second-order valence-corrected chi connectivity index (χ2v) is 6.84. The van der Waals surface area contributed by atoms with E-state index in [1.807, 2.05) is 23.6 Å². The largest absolute Gasteiger partial charge is 0.495 e. The molecule has 28 heavy (non-hydrogen) atoms. The normalized spacial score (nSPS) is 10.0. The third-order valence-electron chi connectivity index (χ3n) is 4.18. The fraction of sp³-hybridized carbons (Fsp3) is 0.136. The van der Waals surface area contributed by atoms with Crippen LogP contribution in [0.15, 0.2) is 41.8 Å². The van der Waals surface area contributed by atoms with Gasteiger partial charge in [-0.25, -0.2) is 0 Å². The summed E-state index contributed by atoms with van der Waals surface area (Å²) in [6, 6.07) is 13.1. The molecule has 3 rings (SSSR count). The third-order valence-corrected chi connectivity index (χ3v) is 5.07. The Morgan fingerprint density at radius 1 is 1.32 bits per heavy atom. The Morgan fingerprint density at radius 3 is 2.75 bits per heavy atom. The monoisotopic (exact) mass is 387 g/mol. The fourth-order valence-electron chi connectivity index (χ4n) is 2.99. The number of para-hydroxylation sites is 2. The van der Waals surface area contributed by atoms with Crippen LogP contribution in [0, 0.1) is 30.6 Å². The summed E-state index contributed by atoms with van der Waals surface area (Å²) in [5.74, 6) is 2.72. The number of hydrogen-bond donors (Lipinski definition) is 1. The van der Waals surface area contributed by atoms with Gasteiger partial charge in [-0.3, -0.25) is 9.78 Å². The van der Waals surface area contributed by atoms with Gasteiger partial charge in [0.15, 0.2) is 0 Å². The number of nitrogens with zero attached hydrogens (tertiary/aromatic N) is 2. The molecule has 0 aliphatic heterocycles. The van der Waals surface area contributed by atoms with E-state index in [0.29, 0.717) is 39.5 Å². The number of carbonyl (C=O) groups excluding carboxylic acids is 1. The summed E-state index contributed by atoms with van der Waals surface area (Å²) in [6.45, 7) is 1.75. The summed E-state index contributed by atoms with van der Waals surface area (Å²) >= 11 is 1.45. The second kappa shape index (κ2) is 8.39. The van der Waals surface area contributed by atoms with Crippen LogP contribution in [0.3, 0.4) is 0 Å². The molecule has 0 atom stereocenters. The highest BCUT2D eigenvalue weighted by Gasteiger charge is 2.24. The standard InChI is InChI=1S/C22H17N3O2S/c1-4-8-16-15(13-23)21(19-11-7-12-28-19)20(14(2)24-16)22(26)25-17-9-5-6-10-18(17)27-3/h1,5-7,9-12H,8H2,2-3H3,(H,25,26). The lowest BCUT2D eigenvalue weighted by Gasteiger charge is -2.16. The van der Waals surface area contributed by atoms with Crippen molar-refractivity contribution < 1.29 is 9.53 Å². The number of methoxy groups -OCH3 is 1. The number of anilines is 1. The molecule has 0 fully saturated rings. The molecule has 0 unspecified atom stereocenters. The minimum absolute atomic E-state index is 0.219. The first-order valence-electron chi connectivity index (χ1n) is 8.46. The van der Waals surface area contributed by atoms with Crippen molar-refractivity contribution in [2.75, 3.05) is 12.4 Å². The van der Waals surface area contributed by atoms with Crippen molar-refractivity contribution in [2.24, 2.45) is 0 Å². The van der Waals surface area contributed by atoms with Crippen LogP contribution in [0.5, 0.6) is 5.75 Å². The minimum atomic E-state index is -0.360. The quantitative estimate of drug-likeness (QED) is 0.657. The number of ether oxygens (including phenoxy) is 1. The first-order chi connectivity index (χ1) is 13.6. The number of amides is 1. The van der Waals surface area contributed by atoms with Crippen molar-refractivity contribution in [3.05, 3.63) is 64.3 Å². The number of nitriles is 1. The van der Waals surface area contributed by atoms with Gasteiger partial charge < -0.3 is 10.1 Å². The Labute approximate surface area is 167 Å². The Balaban J connectivity index is 2.19. The zero-order chi connectivity index (χ0) is 20.1. The first kappa shape index (κ1) is 19.2. The van der Waals surface area contributed by atoms with Crippen LogP contribution in [-0.2, 0) is 6.42 Å². The highest BCUT2D eigenvalue weighted by Crippen LogP contribution is 2.35. The highest BCUT2D eigenvalue weighted by molar-refractivity contribution is 7.13. The first-order valence-corrected chi connectivity index (χ1v) is 9.34. The lowest BCUT2D eigenvalue weighted by atomic mass is 9.96. The third kappa shape index (κ3) is 3.59. The van der Waals surface area contributed by atoms with Crippen LogP contribution < -0.4 is 10.1 Å². The molecule has 2 aromatic heterocycles. The van der Waals surface area contributed by atoms with Gasteiger partial charge in [-0.15, -0.1) is 23.7 Å². The maximum Gasteiger partial charge on any atom is 0.258 e. The van der Waals surface area contributed by atoms with Crippen LogP contribution in [0.4, 0.5) is 5.69 Å². The number of hydrogen-bond acceptors (Lipinski definition) is 5. The van der Waals surface area contributed by atoms with Gasteiger partial charge >= 0.3 is 0 Å². The molecule has 0 aliphatic rings. The van der Waals surface area contributed by atoms with E-state index in [9.17, 15) is 10.1 Å². The molecule has 0 spiro atoms. The van der Waals surface area contributed by atoms with E-state index in [1.165, 1.54) is 18.4 Å². The molecule has 2 heterocycles. The molecule has 3 aromatic rings. The number of aryl methyl sites for hydroxylation is 1. The Morgan fingerprint density at radius 2 is 2.11 bits per heavy atom. The van der Waals surface area contributed by atoms with E-state index in [-0.39, 0.29) is 12.3 Å². The van der Waals surface area contributed by atoms with Crippen molar-refractivity contribution in [3.8, 4) is 34.6 Å². The predicted octanol–water partition coefficient (Wildman–Crippen LogP) is 4.43. The van der Waals surface area contributed by atoms with Crippen molar-refractivity contribution >= 4 is 22.9 Å². The van der Waals surface area contributed by atoms with Crippen molar-refractivity contribution in [1.82, 2.24) is 4.98 Å². The average molecular weight is 387 g/mol. The minimum Gasteiger partial charge on any atom is -0.495 e. The van der Waals surface area contributed by atoms with Gasteiger partial charge in [-0.05, 0) is 30.5 Å².